The third kappa shape index (κ3) is 4.61. The molecule has 0 aliphatic carbocycles. The van der Waals surface area contributed by atoms with Crippen molar-refractivity contribution in [2.24, 2.45) is 0 Å². The molecule has 10 heteroatoms. The van der Waals surface area contributed by atoms with Crippen molar-refractivity contribution in [3.8, 4) is 11.3 Å². The topological polar surface area (TPSA) is 111 Å². The minimum Gasteiger partial charge on any atom is -0.431 e. The molecule has 0 aliphatic rings. The summed E-state index contributed by atoms with van der Waals surface area (Å²) < 4.78 is 5.61. The summed E-state index contributed by atoms with van der Waals surface area (Å²) in [6, 6.07) is 13.7. The van der Waals surface area contributed by atoms with Gasteiger partial charge in [0.25, 0.3) is 10.9 Å². The Hall–Kier alpha value is -3.24. The van der Waals surface area contributed by atoms with Crippen LogP contribution >= 0.6 is 23.1 Å². The Balaban J connectivity index is 1.32. The number of carbonyl (C=O) groups excluding carboxylic acids is 1. The van der Waals surface area contributed by atoms with Crippen molar-refractivity contribution >= 4 is 50.9 Å². The van der Waals surface area contributed by atoms with Gasteiger partial charge in [0, 0.05) is 35.2 Å². The van der Waals surface area contributed by atoms with E-state index in [1.165, 1.54) is 35.2 Å². The second kappa shape index (κ2) is 8.41. The second-order valence-corrected chi connectivity index (χ2v) is 7.84. The van der Waals surface area contributed by atoms with Crippen LogP contribution in [0.3, 0.4) is 0 Å². The zero-order valence-electron chi connectivity index (χ0n) is 14.9. The van der Waals surface area contributed by atoms with Crippen molar-refractivity contribution in [2.75, 3.05) is 11.1 Å². The standard InChI is InChI=1S/C19H14N4O4S2/c24-17(8-9-28-19-21-14-6-1-2-7-16(14)27-19)22-18-20-15(11-29-18)12-4-3-5-13(10-12)23(25)26/h1-7,10-11H,8-9H2,(H,20,22,24). The molecule has 1 amide bonds. The van der Waals surface area contributed by atoms with Crippen LogP contribution in [0.2, 0.25) is 0 Å². The van der Waals surface area contributed by atoms with Gasteiger partial charge in [-0.1, -0.05) is 36.0 Å². The van der Waals surface area contributed by atoms with Crippen LogP contribution in [0.15, 0.2) is 63.6 Å². The fourth-order valence-electron chi connectivity index (χ4n) is 2.57. The van der Waals surface area contributed by atoms with E-state index in [1.54, 1.807) is 17.5 Å². The molecule has 29 heavy (non-hydrogen) atoms. The molecule has 2 aromatic carbocycles. The molecule has 4 rings (SSSR count). The molecule has 0 spiro atoms. The smallest absolute Gasteiger partial charge is 0.270 e. The molecule has 2 aromatic heterocycles. The zero-order valence-corrected chi connectivity index (χ0v) is 16.5. The largest absolute Gasteiger partial charge is 0.431 e. The molecule has 0 atom stereocenters. The van der Waals surface area contributed by atoms with Crippen LogP contribution in [0.1, 0.15) is 6.42 Å². The van der Waals surface area contributed by atoms with Crippen LogP contribution in [0.5, 0.6) is 0 Å². The van der Waals surface area contributed by atoms with E-state index in [4.69, 9.17) is 4.42 Å². The van der Waals surface area contributed by atoms with Gasteiger partial charge in [-0.25, -0.2) is 9.97 Å². The molecule has 2 heterocycles. The Labute approximate surface area is 173 Å². The molecule has 146 valence electrons. The summed E-state index contributed by atoms with van der Waals surface area (Å²) in [7, 11) is 0. The van der Waals surface area contributed by atoms with Gasteiger partial charge in [-0.05, 0) is 12.1 Å². The average Bonchev–Trinajstić information content (AvgIpc) is 3.34. The van der Waals surface area contributed by atoms with E-state index >= 15 is 0 Å². The van der Waals surface area contributed by atoms with Crippen LogP contribution in [-0.2, 0) is 4.79 Å². The highest BCUT2D eigenvalue weighted by molar-refractivity contribution is 7.99. The van der Waals surface area contributed by atoms with Crippen molar-refractivity contribution in [2.45, 2.75) is 11.6 Å². The maximum absolute atomic E-state index is 12.2. The molecule has 0 saturated heterocycles. The summed E-state index contributed by atoms with van der Waals surface area (Å²) >= 11 is 2.64. The molecule has 8 nitrogen and oxygen atoms in total. The van der Waals surface area contributed by atoms with Crippen molar-refractivity contribution in [3.05, 3.63) is 64.0 Å². The quantitative estimate of drug-likeness (QED) is 0.252. The number of carbonyl (C=O) groups is 1. The van der Waals surface area contributed by atoms with Crippen LogP contribution in [0, 0.1) is 10.1 Å². The number of amides is 1. The lowest BCUT2D eigenvalue weighted by Crippen LogP contribution is -2.11. The Morgan fingerprint density at radius 3 is 2.90 bits per heavy atom. The maximum atomic E-state index is 12.2. The molecule has 0 radical (unpaired) electrons. The van der Waals surface area contributed by atoms with Crippen LogP contribution in [0.4, 0.5) is 10.8 Å². The summed E-state index contributed by atoms with van der Waals surface area (Å²) in [5.41, 5.74) is 2.71. The Morgan fingerprint density at radius 1 is 1.21 bits per heavy atom. The van der Waals surface area contributed by atoms with E-state index in [0.717, 1.165) is 11.1 Å². The molecule has 0 saturated carbocycles. The lowest BCUT2D eigenvalue weighted by Gasteiger charge is -2.00. The molecule has 0 fully saturated rings. The number of rotatable bonds is 7. The third-order valence-electron chi connectivity index (χ3n) is 3.93. The van der Waals surface area contributed by atoms with Crippen molar-refractivity contribution in [1.29, 1.82) is 0 Å². The lowest BCUT2D eigenvalue weighted by molar-refractivity contribution is -0.384. The first-order chi connectivity index (χ1) is 14.1. The number of oxazole rings is 1. The number of nitro groups is 1. The van der Waals surface area contributed by atoms with Gasteiger partial charge >= 0.3 is 0 Å². The maximum Gasteiger partial charge on any atom is 0.270 e. The highest BCUT2D eigenvalue weighted by Crippen LogP contribution is 2.28. The molecular formula is C19H14N4O4S2. The van der Waals surface area contributed by atoms with E-state index in [1.807, 2.05) is 24.3 Å². The predicted molar refractivity (Wildman–Crippen MR) is 112 cm³/mol. The minimum absolute atomic E-state index is 0.00249. The number of fused-ring (bicyclic) bond motifs is 1. The number of nitro benzene ring substituents is 1. The second-order valence-electron chi connectivity index (χ2n) is 5.94. The van der Waals surface area contributed by atoms with Gasteiger partial charge in [0.05, 0.1) is 10.6 Å². The number of para-hydroxylation sites is 2. The zero-order chi connectivity index (χ0) is 20.2. The lowest BCUT2D eigenvalue weighted by atomic mass is 10.1. The highest BCUT2D eigenvalue weighted by Gasteiger charge is 2.12. The molecule has 4 aromatic rings. The van der Waals surface area contributed by atoms with Gasteiger partial charge in [0.15, 0.2) is 10.7 Å². The average molecular weight is 426 g/mol. The fourth-order valence-corrected chi connectivity index (χ4v) is 4.08. The van der Waals surface area contributed by atoms with Gasteiger partial charge in [-0.3, -0.25) is 14.9 Å². The summed E-state index contributed by atoms with van der Waals surface area (Å²) in [6.07, 6.45) is 0.273. The van der Waals surface area contributed by atoms with Gasteiger partial charge in [0.2, 0.25) is 5.91 Å². The summed E-state index contributed by atoms with van der Waals surface area (Å²) in [6.45, 7) is 0. The highest BCUT2D eigenvalue weighted by atomic mass is 32.2. The van der Waals surface area contributed by atoms with Crippen LogP contribution < -0.4 is 5.32 Å². The van der Waals surface area contributed by atoms with E-state index < -0.39 is 4.92 Å². The van der Waals surface area contributed by atoms with Gasteiger partial charge in [-0.2, -0.15) is 0 Å². The molecule has 0 unspecified atom stereocenters. The number of hydrogen-bond acceptors (Lipinski definition) is 8. The molecule has 1 N–H and O–H groups in total. The molecule has 0 bridgehead atoms. The number of non-ortho nitro benzene ring substituents is 1. The van der Waals surface area contributed by atoms with Crippen LogP contribution in [-0.4, -0.2) is 26.6 Å². The number of hydrogen-bond donors (Lipinski definition) is 1. The minimum atomic E-state index is -0.451. The normalized spacial score (nSPS) is 10.9. The monoisotopic (exact) mass is 426 g/mol. The van der Waals surface area contributed by atoms with E-state index in [2.05, 4.69) is 15.3 Å². The SMILES string of the molecule is O=C(CCSc1nc2ccccc2o1)Nc1nc(-c2cccc([N+](=O)[O-])c2)cs1. The molecular weight excluding hydrogens is 412 g/mol. The number of aromatic nitrogens is 2. The van der Waals surface area contributed by atoms with E-state index in [-0.39, 0.29) is 18.0 Å². The van der Waals surface area contributed by atoms with Gasteiger partial charge in [-0.15, -0.1) is 11.3 Å². The number of nitrogens with one attached hydrogen (secondary N) is 1. The van der Waals surface area contributed by atoms with Crippen molar-refractivity contribution in [3.63, 3.8) is 0 Å². The summed E-state index contributed by atoms with van der Waals surface area (Å²) in [5.74, 6) is 0.343. The first-order valence-electron chi connectivity index (χ1n) is 8.57. The third-order valence-corrected chi connectivity index (χ3v) is 5.52. The number of benzene rings is 2. The molecule has 0 aliphatic heterocycles. The number of nitrogens with zero attached hydrogens (tertiary/aromatic N) is 3. The van der Waals surface area contributed by atoms with Crippen molar-refractivity contribution in [1.82, 2.24) is 9.97 Å². The van der Waals surface area contributed by atoms with E-state index in [0.29, 0.717) is 27.4 Å². The fraction of sp³-hybridized carbons (Fsp3) is 0.105. The van der Waals surface area contributed by atoms with E-state index in [9.17, 15) is 14.9 Å². The summed E-state index contributed by atoms with van der Waals surface area (Å²) in [5, 5.41) is 16.4. The van der Waals surface area contributed by atoms with Gasteiger partial charge in [0.1, 0.15) is 5.52 Å². The van der Waals surface area contributed by atoms with Crippen LogP contribution in [0.25, 0.3) is 22.4 Å². The number of thioether (sulfide) groups is 1. The Morgan fingerprint density at radius 2 is 2.07 bits per heavy atom. The van der Waals surface area contributed by atoms with Gasteiger partial charge < -0.3 is 9.73 Å². The summed E-state index contributed by atoms with van der Waals surface area (Å²) in [4.78, 5) is 31.3. The van der Waals surface area contributed by atoms with Crippen molar-refractivity contribution < 1.29 is 14.1 Å². The number of thiazole rings is 1. The first kappa shape index (κ1) is 19.1. The number of anilines is 1. The first-order valence-corrected chi connectivity index (χ1v) is 10.4. The predicted octanol–water partition coefficient (Wildman–Crippen LogP) is 4.98. The Bertz CT molecular complexity index is 1150. The Kier molecular flexibility index (Phi) is 5.54.